The van der Waals surface area contributed by atoms with Gasteiger partial charge in [0.25, 0.3) is 0 Å². The molecular weight excluding hydrogens is 302 g/mol. The van der Waals surface area contributed by atoms with Crippen molar-refractivity contribution in [3.8, 4) is 0 Å². The van der Waals surface area contributed by atoms with Crippen LogP contribution in [0.5, 0.6) is 0 Å². The molecule has 0 radical (unpaired) electrons. The van der Waals surface area contributed by atoms with E-state index in [1.165, 1.54) is 0 Å². The molecule has 2 rings (SSSR count). The molecule has 0 aromatic heterocycles. The molecular formula is C12H16BrNO2S. The zero-order valence-corrected chi connectivity index (χ0v) is 12.1. The van der Waals surface area contributed by atoms with E-state index in [-0.39, 0.29) is 17.0 Å². The Morgan fingerprint density at radius 1 is 1.29 bits per heavy atom. The predicted molar refractivity (Wildman–Crippen MR) is 72.8 cm³/mol. The molecule has 1 heterocycles. The minimum absolute atomic E-state index is 0.0851. The minimum Gasteiger partial charge on any atom is -0.309 e. The molecule has 1 aliphatic heterocycles. The van der Waals surface area contributed by atoms with Crippen molar-refractivity contribution in [1.29, 1.82) is 0 Å². The Balaban J connectivity index is 2.24. The van der Waals surface area contributed by atoms with Crippen molar-refractivity contribution in [3.05, 3.63) is 34.3 Å². The number of halogens is 1. The van der Waals surface area contributed by atoms with Crippen molar-refractivity contribution in [2.45, 2.75) is 24.6 Å². The van der Waals surface area contributed by atoms with Crippen LogP contribution < -0.4 is 5.32 Å². The second-order valence-corrected chi connectivity index (χ2v) is 7.87. The molecule has 1 fully saturated rings. The molecule has 17 heavy (non-hydrogen) atoms. The maximum Gasteiger partial charge on any atom is 0.154 e. The van der Waals surface area contributed by atoms with Crippen LogP contribution in [0.1, 0.15) is 24.9 Å². The molecule has 0 saturated carbocycles. The molecule has 1 aliphatic rings. The van der Waals surface area contributed by atoms with Gasteiger partial charge in [0.2, 0.25) is 0 Å². The number of nitrogens with one attached hydrogen (secondary N) is 1. The third-order valence-electron chi connectivity index (χ3n) is 3.23. The highest BCUT2D eigenvalue weighted by Gasteiger charge is 2.29. The fraction of sp³-hybridized carbons (Fsp3) is 0.500. The molecule has 1 saturated heterocycles. The van der Waals surface area contributed by atoms with Gasteiger partial charge < -0.3 is 5.32 Å². The van der Waals surface area contributed by atoms with Crippen LogP contribution in [0.15, 0.2) is 28.7 Å². The van der Waals surface area contributed by atoms with Crippen molar-refractivity contribution in [3.63, 3.8) is 0 Å². The second kappa shape index (κ2) is 5.08. The third-order valence-corrected chi connectivity index (χ3v) is 6.01. The Morgan fingerprint density at radius 2 is 1.94 bits per heavy atom. The van der Waals surface area contributed by atoms with Gasteiger partial charge in [0.15, 0.2) is 9.84 Å². The van der Waals surface area contributed by atoms with E-state index in [1.54, 1.807) is 6.92 Å². The summed E-state index contributed by atoms with van der Waals surface area (Å²) in [7, 11) is -2.98. The lowest BCUT2D eigenvalue weighted by Gasteiger charge is -2.16. The summed E-state index contributed by atoms with van der Waals surface area (Å²) in [4.78, 5) is 0. The fourth-order valence-electron chi connectivity index (χ4n) is 2.01. The standard InChI is InChI=1S/C12H16BrNO2S/c1-9-6-7-14-12(8-17(9,15)16)10-2-4-11(13)5-3-10/h2-5,9,12,14H,6-8H2,1H3. The Labute approximate surface area is 111 Å². The number of hydrogen-bond acceptors (Lipinski definition) is 3. The summed E-state index contributed by atoms with van der Waals surface area (Å²) in [6, 6.07) is 7.73. The smallest absolute Gasteiger partial charge is 0.154 e. The molecule has 5 heteroatoms. The quantitative estimate of drug-likeness (QED) is 0.864. The van der Waals surface area contributed by atoms with Crippen LogP contribution >= 0.6 is 15.9 Å². The maximum atomic E-state index is 12.0. The predicted octanol–water partition coefficient (Wildman–Crippen LogP) is 2.29. The van der Waals surface area contributed by atoms with E-state index in [1.807, 2.05) is 24.3 Å². The molecule has 0 amide bonds. The van der Waals surface area contributed by atoms with Gasteiger partial charge in [-0.25, -0.2) is 8.42 Å². The van der Waals surface area contributed by atoms with Crippen LogP contribution in [0.4, 0.5) is 0 Å². The summed E-state index contributed by atoms with van der Waals surface area (Å²) in [5.41, 5.74) is 1.03. The van der Waals surface area contributed by atoms with E-state index in [0.717, 1.165) is 16.6 Å². The molecule has 0 spiro atoms. The van der Waals surface area contributed by atoms with Crippen LogP contribution in [0.3, 0.4) is 0 Å². The van der Waals surface area contributed by atoms with E-state index < -0.39 is 9.84 Å². The van der Waals surface area contributed by atoms with Crippen molar-refractivity contribution < 1.29 is 8.42 Å². The highest BCUT2D eigenvalue weighted by molar-refractivity contribution is 9.10. The fourth-order valence-corrected chi connectivity index (χ4v) is 3.85. The van der Waals surface area contributed by atoms with Gasteiger partial charge in [-0.3, -0.25) is 0 Å². The summed E-state index contributed by atoms with van der Waals surface area (Å²) in [5.74, 6) is 0.190. The molecule has 2 atom stereocenters. The first-order chi connectivity index (χ1) is 7.99. The van der Waals surface area contributed by atoms with Crippen LogP contribution in [-0.2, 0) is 9.84 Å². The number of rotatable bonds is 1. The second-order valence-electron chi connectivity index (χ2n) is 4.49. The van der Waals surface area contributed by atoms with Crippen LogP contribution in [0.2, 0.25) is 0 Å². The first-order valence-corrected chi connectivity index (χ1v) is 8.20. The van der Waals surface area contributed by atoms with E-state index >= 15 is 0 Å². The van der Waals surface area contributed by atoms with Gasteiger partial charge in [0.05, 0.1) is 11.0 Å². The van der Waals surface area contributed by atoms with Gasteiger partial charge in [-0.15, -0.1) is 0 Å². The van der Waals surface area contributed by atoms with E-state index in [9.17, 15) is 8.42 Å². The molecule has 1 aromatic carbocycles. The van der Waals surface area contributed by atoms with Gasteiger partial charge in [-0.2, -0.15) is 0 Å². The summed E-state index contributed by atoms with van der Waals surface area (Å²) < 4.78 is 25.0. The Bertz CT molecular complexity index is 484. The third kappa shape index (κ3) is 3.09. The molecule has 0 bridgehead atoms. The summed E-state index contributed by atoms with van der Waals surface area (Å²) in [5, 5.41) is 3.07. The van der Waals surface area contributed by atoms with Crippen molar-refractivity contribution >= 4 is 25.8 Å². The van der Waals surface area contributed by atoms with Crippen LogP contribution in [0.25, 0.3) is 0 Å². The minimum atomic E-state index is -2.98. The summed E-state index contributed by atoms with van der Waals surface area (Å²) >= 11 is 3.38. The molecule has 1 N–H and O–H groups in total. The monoisotopic (exact) mass is 317 g/mol. The average molecular weight is 318 g/mol. The van der Waals surface area contributed by atoms with Crippen LogP contribution in [-0.4, -0.2) is 26.0 Å². The lowest BCUT2D eigenvalue weighted by atomic mass is 10.1. The first kappa shape index (κ1) is 13.1. The molecule has 3 nitrogen and oxygen atoms in total. The Morgan fingerprint density at radius 3 is 2.59 bits per heavy atom. The lowest BCUT2D eigenvalue weighted by Crippen LogP contribution is -2.26. The van der Waals surface area contributed by atoms with Crippen molar-refractivity contribution in [2.75, 3.05) is 12.3 Å². The van der Waals surface area contributed by atoms with Crippen molar-refractivity contribution in [1.82, 2.24) is 5.32 Å². The Kier molecular flexibility index (Phi) is 3.90. The van der Waals surface area contributed by atoms with Gasteiger partial charge in [0, 0.05) is 10.5 Å². The van der Waals surface area contributed by atoms with E-state index in [2.05, 4.69) is 21.2 Å². The molecule has 1 aromatic rings. The van der Waals surface area contributed by atoms with Gasteiger partial charge in [-0.05, 0) is 37.6 Å². The average Bonchev–Trinajstić information content (AvgIpc) is 2.40. The largest absolute Gasteiger partial charge is 0.309 e. The molecule has 0 aliphatic carbocycles. The lowest BCUT2D eigenvalue weighted by molar-refractivity contribution is 0.572. The normalized spacial score (nSPS) is 28.6. The molecule has 94 valence electrons. The molecule has 2 unspecified atom stereocenters. The zero-order chi connectivity index (χ0) is 12.5. The van der Waals surface area contributed by atoms with Crippen molar-refractivity contribution in [2.24, 2.45) is 0 Å². The number of sulfone groups is 1. The van der Waals surface area contributed by atoms with E-state index in [4.69, 9.17) is 0 Å². The van der Waals surface area contributed by atoms with E-state index in [0.29, 0.717) is 6.42 Å². The Hall–Kier alpha value is -0.390. The number of benzene rings is 1. The SMILES string of the molecule is CC1CCNC(c2ccc(Br)cc2)CS1(=O)=O. The summed E-state index contributed by atoms with van der Waals surface area (Å²) in [6.07, 6.45) is 0.690. The van der Waals surface area contributed by atoms with Gasteiger partial charge in [-0.1, -0.05) is 28.1 Å². The summed E-state index contributed by atoms with van der Waals surface area (Å²) in [6.45, 7) is 2.54. The number of hydrogen-bond donors (Lipinski definition) is 1. The highest BCUT2D eigenvalue weighted by atomic mass is 79.9. The van der Waals surface area contributed by atoms with Gasteiger partial charge >= 0.3 is 0 Å². The topological polar surface area (TPSA) is 46.2 Å². The zero-order valence-electron chi connectivity index (χ0n) is 9.69. The first-order valence-electron chi connectivity index (χ1n) is 5.69. The van der Waals surface area contributed by atoms with Gasteiger partial charge in [0.1, 0.15) is 0 Å². The van der Waals surface area contributed by atoms with Crippen LogP contribution in [0, 0.1) is 0 Å². The highest BCUT2D eigenvalue weighted by Crippen LogP contribution is 2.23. The maximum absolute atomic E-state index is 12.0.